The molecule has 1 aromatic carbocycles. The zero-order chi connectivity index (χ0) is 14.5. The van der Waals surface area contributed by atoms with Crippen molar-refractivity contribution in [1.29, 1.82) is 0 Å². The van der Waals surface area contributed by atoms with Crippen molar-refractivity contribution < 1.29 is 14.3 Å². The van der Waals surface area contributed by atoms with E-state index in [9.17, 15) is 4.79 Å². The molecule has 0 saturated heterocycles. The summed E-state index contributed by atoms with van der Waals surface area (Å²) in [5.41, 5.74) is 0. The maximum absolute atomic E-state index is 10.9. The number of carbonyl (C=O) groups is 1. The normalized spacial score (nSPS) is 11.8. The fraction of sp³-hybridized carbons (Fsp3) is 0.143. The second-order valence-corrected chi connectivity index (χ2v) is 4.76. The molecule has 0 bridgehead atoms. The van der Waals surface area contributed by atoms with Crippen LogP contribution < -0.4 is 9.47 Å². The van der Waals surface area contributed by atoms with E-state index in [1.807, 2.05) is 0 Å². The Balaban J connectivity index is 2.01. The number of benzene rings is 1. The van der Waals surface area contributed by atoms with Gasteiger partial charge >= 0.3 is 0 Å². The molecular weight excluding hydrogens is 301 g/mol. The van der Waals surface area contributed by atoms with E-state index < -0.39 is 11.3 Å². The molecule has 20 heavy (non-hydrogen) atoms. The van der Waals surface area contributed by atoms with Crippen molar-refractivity contribution in [3.05, 3.63) is 47.6 Å². The first-order chi connectivity index (χ1) is 9.54. The van der Waals surface area contributed by atoms with Gasteiger partial charge in [0.2, 0.25) is 5.88 Å². The van der Waals surface area contributed by atoms with Crippen molar-refractivity contribution in [2.24, 2.45) is 0 Å². The van der Waals surface area contributed by atoms with Gasteiger partial charge in [-0.15, -0.1) is 0 Å². The summed E-state index contributed by atoms with van der Waals surface area (Å²) in [6.45, 7) is 1.58. The highest BCUT2D eigenvalue weighted by molar-refractivity contribution is 6.64. The van der Waals surface area contributed by atoms with Gasteiger partial charge in [-0.25, -0.2) is 4.98 Å². The number of aromatic nitrogens is 1. The molecule has 1 atom stereocenters. The zero-order valence-corrected chi connectivity index (χ0v) is 12.1. The lowest BCUT2D eigenvalue weighted by atomic mass is 10.3. The lowest BCUT2D eigenvalue weighted by molar-refractivity contribution is -0.117. The Kier molecular flexibility index (Phi) is 4.82. The number of halogens is 2. The first-order valence-corrected chi connectivity index (χ1v) is 6.55. The number of nitrogens with zero attached hydrogens (tertiary/aromatic N) is 1. The van der Waals surface area contributed by atoms with E-state index in [0.717, 1.165) is 0 Å². The number of carbonyl (C=O) groups excluding carboxylic acids is 1. The molecule has 104 valence electrons. The van der Waals surface area contributed by atoms with E-state index in [0.29, 0.717) is 22.4 Å². The number of ether oxygens (including phenoxy) is 2. The summed E-state index contributed by atoms with van der Waals surface area (Å²) in [6, 6.07) is 10.1. The van der Waals surface area contributed by atoms with Gasteiger partial charge in [-0.2, -0.15) is 0 Å². The molecule has 2 aromatic rings. The van der Waals surface area contributed by atoms with E-state index in [2.05, 4.69) is 4.98 Å². The number of hydrogen-bond donors (Lipinski definition) is 0. The topological polar surface area (TPSA) is 48.4 Å². The van der Waals surface area contributed by atoms with Gasteiger partial charge < -0.3 is 9.47 Å². The molecular formula is C14H11Cl2NO3. The van der Waals surface area contributed by atoms with Crippen LogP contribution in [0.3, 0.4) is 0 Å². The largest absolute Gasteiger partial charge is 0.482 e. The Morgan fingerprint density at radius 3 is 2.35 bits per heavy atom. The summed E-state index contributed by atoms with van der Waals surface area (Å²) in [4.78, 5) is 14.9. The van der Waals surface area contributed by atoms with Crippen molar-refractivity contribution in [3.8, 4) is 17.4 Å². The predicted molar refractivity (Wildman–Crippen MR) is 76.7 cm³/mol. The van der Waals surface area contributed by atoms with Crippen molar-refractivity contribution in [2.45, 2.75) is 13.0 Å². The highest BCUT2D eigenvalue weighted by atomic mass is 35.5. The third-order valence-electron chi connectivity index (χ3n) is 2.38. The first kappa shape index (κ1) is 14.6. The molecule has 0 aliphatic heterocycles. The van der Waals surface area contributed by atoms with Crippen LogP contribution in [0.15, 0.2) is 42.6 Å². The first-order valence-electron chi connectivity index (χ1n) is 5.80. The van der Waals surface area contributed by atoms with Crippen LogP contribution in [0.4, 0.5) is 0 Å². The molecule has 0 N–H and O–H groups in total. The van der Waals surface area contributed by atoms with Gasteiger partial charge in [0.1, 0.15) is 11.5 Å². The SMILES string of the molecule is CC(Oc1ccc(Oc2ccc(Cl)cn2)cc1)C(=O)Cl. The molecule has 0 aliphatic rings. The second kappa shape index (κ2) is 6.59. The summed E-state index contributed by atoms with van der Waals surface area (Å²) in [7, 11) is 0. The minimum atomic E-state index is -0.693. The molecule has 0 radical (unpaired) electrons. The summed E-state index contributed by atoms with van der Waals surface area (Å²) < 4.78 is 10.8. The summed E-state index contributed by atoms with van der Waals surface area (Å²) in [6.07, 6.45) is 0.809. The molecule has 0 spiro atoms. The van der Waals surface area contributed by atoms with Crippen molar-refractivity contribution in [2.75, 3.05) is 0 Å². The van der Waals surface area contributed by atoms with Gasteiger partial charge in [0, 0.05) is 12.3 Å². The Morgan fingerprint density at radius 1 is 1.15 bits per heavy atom. The highest BCUT2D eigenvalue weighted by Gasteiger charge is 2.11. The van der Waals surface area contributed by atoms with Gasteiger partial charge in [0.15, 0.2) is 6.10 Å². The van der Waals surface area contributed by atoms with E-state index in [-0.39, 0.29) is 0 Å². The molecule has 6 heteroatoms. The van der Waals surface area contributed by atoms with Crippen LogP contribution in [0.5, 0.6) is 17.4 Å². The molecule has 1 heterocycles. The highest BCUT2D eigenvalue weighted by Crippen LogP contribution is 2.23. The molecule has 0 aliphatic carbocycles. The van der Waals surface area contributed by atoms with E-state index >= 15 is 0 Å². The van der Waals surface area contributed by atoms with Crippen molar-refractivity contribution in [1.82, 2.24) is 4.98 Å². The van der Waals surface area contributed by atoms with Crippen LogP contribution in [0.2, 0.25) is 5.02 Å². The minimum absolute atomic E-state index is 0.437. The predicted octanol–water partition coefficient (Wildman–Crippen LogP) is 4.06. The number of pyridine rings is 1. The van der Waals surface area contributed by atoms with Crippen molar-refractivity contribution in [3.63, 3.8) is 0 Å². The Labute approximate surface area is 126 Å². The van der Waals surface area contributed by atoms with Crippen LogP contribution in [0.25, 0.3) is 0 Å². The fourth-order valence-corrected chi connectivity index (χ4v) is 1.54. The van der Waals surface area contributed by atoms with Crippen LogP contribution in [-0.4, -0.2) is 16.3 Å². The quantitative estimate of drug-likeness (QED) is 0.781. The molecule has 4 nitrogen and oxygen atoms in total. The number of hydrogen-bond acceptors (Lipinski definition) is 4. The molecule has 0 amide bonds. The van der Waals surface area contributed by atoms with Crippen LogP contribution >= 0.6 is 23.2 Å². The molecule has 0 saturated carbocycles. The van der Waals surface area contributed by atoms with Gasteiger partial charge in [-0.1, -0.05) is 11.6 Å². The number of rotatable bonds is 5. The lowest BCUT2D eigenvalue weighted by Crippen LogP contribution is -2.18. The fourth-order valence-electron chi connectivity index (χ4n) is 1.38. The third kappa shape index (κ3) is 4.11. The van der Waals surface area contributed by atoms with E-state index in [1.54, 1.807) is 43.3 Å². The standard InChI is InChI=1S/C14H11Cl2NO3/c1-9(14(16)18)19-11-3-5-12(6-4-11)20-13-7-2-10(15)8-17-13/h2-9H,1H3. The maximum atomic E-state index is 10.9. The monoisotopic (exact) mass is 311 g/mol. The Morgan fingerprint density at radius 2 is 1.80 bits per heavy atom. The van der Waals surface area contributed by atoms with Crippen LogP contribution in [0.1, 0.15) is 6.92 Å². The Hall–Kier alpha value is -1.78. The van der Waals surface area contributed by atoms with Gasteiger partial charge in [0.25, 0.3) is 5.24 Å². The summed E-state index contributed by atoms with van der Waals surface area (Å²) >= 11 is 11.1. The maximum Gasteiger partial charge on any atom is 0.262 e. The zero-order valence-electron chi connectivity index (χ0n) is 10.5. The van der Waals surface area contributed by atoms with Gasteiger partial charge in [-0.05, 0) is 48.9 Å². The van der Waals surface area contributed by atoms with E-state index in [1.165, 1.54) is 6.20 Å². The lowest BCUT2D eigenvalue weighted by Gasteiger charge is -2.11. The second-order valence-electron chi connectivity index (χ2n) is 3.95. The summed E-state index contributed by atoms with van der Waals surface area (Å²) in [5, 5.41) is -0.00322. The smallest absolute Gasteiger partial charge is 0.262 e. The third-order valence-corrected chi connectivity index (χ3v) is 2.91. The minimum Gasteiger partial charge on any atom is -0.482 e. The van der Waals surface area contributed by atoms with Gasteiger partial charge in [-0.3, -0.25) is 4.79 Å². The van der Waals surface area contributed by atoms with Crippen LogP contribution in [0, 0.1) is 0 Å². The average molecular weight is 312 g/mol. The molecule has 1 aromatic heterocycles. The Bertz CT molecular complexity index is 584. The molecule has 2 rings (SSSR count). The van der Waals surface area contributed by atoms with Crippen molar-refractivity contribution >= 4 is 28.4 Å². The average Bonchev–Trinajstić information content (AvgIpc) is 2.43. The van der Waals surface area contributed by atoms with Gasteiger partial charge in [0.05, 0.1) is 5.02 Å². The van der Waals surface area contributed by atoms with E-state index in [4.69, 9.17) is 32.7 Å². The molecule has 0 fully saturated rings. The molecule has 1 unspecified atom stereocenters. The van der Waals surface area contributed by atoms with Crippen LogP contribution in [-0.2, 0) is 4.79 Å². The summed E-state index contributed by atoms with van der Waals surface area (Å²) in [5.74, 6) is 1.56.